The second-order valence-electron chi connectivity index (χ2n) is 8.42. The Labute approximate surface area is 154 Å². The van der Waals surface area contributed by atoms with Crippen molar-refractivity contribution < 1.29 is 19.4 Å². The second-order valence-corrected chi connectivity index (χ2v) is 8.42. The van der Waals surface area contributed by atoms with E-state index in [2.05, 4.69) is 5.32 Å². The van der Waals surface area contributed by atoms with Gasteiger partial charge in [0.2, 0.25) is 5.91 Å². The molecule has 1 spiro atoms. The van der Waals surface area contributed by atoms with E-state index in [1.807, 2.05) is 32.9 Å². The summed E-state index contributed by atoms with van der Waals surface area (Å²) in [7, 11) is 0. The van der Waals surface area contributed by atoms with E-state index in [1.165, 1.54) is 0 Å². The highest BCUT2D eigenvalue weighted by Crippen LogP contribution is 2.50. The van der Waals surface area contributed by atoms with Gasteiger partial charge in [-0.1, -0.05) is 18.2 Å². The van der Waals surface area contributed by atoms with E-state index in [1.54, 1.807) is 17.0 Å². The molecule has 0 aromatic heterocycles. The standard InChI is InChI=1S/C20H28N2O4/c1-19(2,3)26-18(25)22-10-8-20(9-11-22)12-17(24)21-13-15(20)14-6-4-5-7-16(14)23/h4-7,15,23H,8-13H2,1-3H3,(H,21,24). The number of hydrogen-bond donors (Lipinski definition) is 2. The van der Waals surface area contributed by atoms with Crippen LogP contribution >= 0.6 is 0 Å². The van der Waals surface area contributed by atoms with E-state index in [4.69, 9.17) is 4.74 Å². The number of rotatable bonds is 1. The summed E-state index contributed by atoms with van der Waals surface area (Å²) in [6.45, 7) is 7.21. The summed E-state index contributed by atoms with van der Waals surface area (Å²) >= 11 is 0. The lowest BCUT2D eigenvalue weighted by Gasteiger charge is -2.49. The zero-order valence-corrected chi connectivity index (χ0v) is 15.7. The number of piperidine rings is 2. The van der Waals surface area contributed by atoms with Crippen molar-refractivity contribution in [1.29, 1.82) is 0 Å². The number of phenols is 1. The molecule has 2 N–H and O–H groups in total. The number of carbonyl (C=O) groups excluding carboxylic acids is 2. The van der Waals surface area contributed by atoms with Gasteiger partial charge in [-0.15, -0.1) is 0 Å². The topological polar surface area (TPSA) is 78.9 Å². The Hall–Kier alpha value is -2.24. The van der Waals surface area contributed by atoms with E-state index >= 15 is 0 Å². The number of benzene rings is 1. The predicted octanol–water partition coefficient (Wildman–Crippen LogP) is 3.01. The number of hydrogen-bond acceptors (Lipinski definition) is 4. The zero-order chi connectivity index (χ0) is 18.9. The molecule has 2 saturated heterocycles. The highest BCUT2D eigenvalue weighted by atomic mass is 16.6. The van der Waals surface area contributed by atoms with Gasteiger partial charge in [-0.25, -0.2) is 4.79 Å². The van der Waals surface area contributed by atoms with Crippen LogP contribution in [-0.4, -0.2) is 47.2 Å². The van der Waals surface area contributed by atoms with Crippen molar-refractivity contribution in [3.05, 3.63) is 29.8 Å². The summed E-state index contributed by atoms with van der Waals surface area (Å²) in [5.41, 5.74) is 0.118. The molecule has 2 aliphatic rings. The average Bonchev–Trinajstić information content (AvgIpc) is 2.55. The minimum atomic E-state index is -0.519. The third-order valence-corrected chi connectivity index (χ3v) is 5.48. The van der Waals surface area contributed by atoms with Gasteiger partial charge in [0.25, 0.3) is 0 Å². The van der Waals surface area contributed by atoms with Gasteiger partial charge in [0, 0.05) is 32.0 Å². The molecule has 1 aromatic rings. The molecule has 6 heteroatoms. The van der Waals surface area contributed by atoms with Gasteiger partial charge in [-0.3, -0.25) is 4.79 Å². The number of nitrogens with one attached hydrogen (secondary N) is 1. The van der Waals surface area contributed by atoms with E-state index in [0.29, 0.717) is 26.1 Å². The lowest BCUT2D eigenvalue weighted by Crippen LogP contribution is -2.53. The Kier molecular flexibility index (Phi) is 4.86. The summed E-state index contributed by atoms with van der Waals surface area (Å²) in [4.78, 5) is 26.2. The number of nitrogens with zero attached hydrogens (tertiary/aromatic N) is 1. The van der Waals surface area contributed by atoms with Crippen LogP contribution in [0.2, 0.25) is 0 Å². The number of carbonyl (C=O) groups is 2. The Balaban J connectivity index is 1.78. The Morgan fingerprint density at radius 3 is 2.54 bits per heavy atom. The van der Waals surface area contributed by atoms with Crippen molar-refractivity contribution in [2.45, 2.75) is 51.6 Å². The fraction of sp³-hybridized carbons (Fsp3) is 0.600. The van der Waals surface area contributed by atoms with Gasteiger partial charge < -0.3 is 20.1 Å². The van der Waals surface area contributed by atoms with Crippen molar-refractivity contribution in [1.82, 2.24) is 10.2 Å². The minimum Gasteiger partial charge on any atom is -0.508 e. The van der Waals surface area contributed by atoms with E-state index in [0.717, 1.165) is 18.4 Å². The molecule has 0 bridgehead atoms. The highest BCUT2D eigenvalue weighted by Gasteiger charge is 2.47. The Morgan fingerprint density at radius 1 is 1.27 bits per heavy atom. The Morgan fingerprint density at radius 2 is 1.92 bits per heavy atom. The molecule has 3 rings (SSSR count). The fourth-order valence-corrected chi connectivity index (χ4v) is 4.15. The number of phenolic OH excluding ortho intramolecular Hbond substituents is 1. The first-order chi connectivity index (χ1) is 12.2. The molecular formula is C20H28N2O4. The largest absolute Gasteiger partial charge is 0.508 e. The molecule has 26 heavy (non-hydrogen) atoms. The predicted molar refractivity (Wildman–Crippen MR) is 97.9 cm³/mol. The molecule has 2 amide bonds. The van der Waals surface area contributed by atoms with E-state index in [-0.39, 0.29) is 29.1 Å². The van der Waals surface area contributed by atoms with Crippen LogP contribution in [0.1, 0.15) is 51.5 Å². The highest BCUT2D eigenvalue weighted by molar-refractivity contribution is 5.78. The lowest BCUT2D eigenvalue weighted by atomic mass is 9.62. The quantitative estimate of drug-likeness (QED) is 0.807. The molecule has 6 nitrogen and oxygen atoms in total. The van der Waals surface area contributed by atoms with E-state index < -0.39 is 5.60 Å². The summed E-state index contributed by atoms with van der Waals surface area (Å²) in [6.07, 6.45) is 1.57. The van der Waals surface area contributed by atoms with Gasteiger partial charge in [-0.05, 0) is 50.7 Å². The molecule has 0 radical (unpaired) electrons. The second kappa shape index (κ2) is 6.82. The van der Waals surface area contributed by atoms with Crippen LogP contribution in [-0.2, 0) is 9.53 Å². The van der Waals surface area contributed by atoms with Gasteiger partial charge >= 0.3 is 6.09 Å². The maximum atomic E-state index is 12.3. The number of ether oxygens (including phenoxy) is 1. The van der Waals surface area contributed by atoms with Gasteiger partial charge in [-0.2, -0.15) is 0 Å². The normalized spacial score (nSPS) is 22.8. The van der Waals surface area contributed by atoms with Crippen LogP contribution in [0.5, 0.6) is 5.75 Å². The SMILES string of the molecule is CC(C)(C)OC(=O)N1CCC2(CC1)CC(=O)NCC2c1ccccc1O. The van der Waals surface area contributed by atoms with Gasteiger partial charge in [0.1, 0.15) is 11.4 Å². The lowest BCUT2D eigenvalue weighted by molar-refractivity contribution is -0.128. The van der Waals surface area contributed by atoms with Crippen LogP contribution in [0.4, 0.5) is 4.79 Å². The van der Waals surface area contributed by atoms with Crippen LogP contribution in [0.3, 0.4) is 0 Å². The van der Waals surface area contributed by atoms with Crippen molar-refractivity contribution in [2.24, 2.45) is 5.41 Å². The average molecular weight is 360 g/mol. The molecule has 2 fully saturated rings. The zero-order valence-electron chi connectivity index (χ0n) is 15.7. The van der Waals surface area contributed by atoms with E-state index in [9.17, 15) is 14.7 Å². The van der Waals surface area contributed by atoms with Crippen LogP contribution in [0, 0.1) is 5.41 Å². The molecule has 2 aliphatic heterocycles. The summed E-state index contributed by atoms with van der Waals surface area (Å²) in [5.74, 6) is 0.354. The van der Waals surface area contributed by atoms with Crippen LogP contribution in [0.25, 0.3) is 0 Å². The third kappa shape index (κ3) is 3.79. The molecule has 0 aliphatic carbocycles. The molecular weight excluding hydrogens is 332 g/mol. The number of likely N-dealkylation sites (tertiary alicyclic amines) is 1. The van der Waals surface area contributed by atoms with Crippen molar-refractivity contribution in [2.75, 3.05) is 19.6 Å². The fourth-order valence-electron chi connectivity index (χ4n) is 4.15. The van der Waals surface area contributed by atoms with Crippen LogP contribution < -0.4 is 5.32 Å². The maximum absolute atomic E-state index is 12.3. The van der Waals surface area contributed by atoms with Crippen molar-refractivity contribution in [3.8, 4) is 5.75 Å². The smallest absolute Gasteiger partial charge is 0.410 e. The monoisotopic (exact) mass is 360 g/mol. The Bertz CT molecular complexity index is 687. The van der Waals surface area contributed by atoms with Gasteiger partial charge in [0.05, 0.1) is 0 Å². The molecule has 0 saturated carbocycles. The first-order valence-electron chi connectivity index (χ1n) is 9.23. The molecule has 142 valence electrons. The summed E-state index contributed by atoms with van der Waals surface area (Å²) in [6, 6.07) is 7.34. The van der Waals surface area contributed by atoms with Crippen molar-refractivity contribution in [3.63, 3.8) is 0 Å². The molecule has 1 atom stereocenters. The number of para-hydroxylation sites is 1. The number of amides is 2. The maximum Gasteiger partial charge on any atom is 0.410 e. The number of aromatic hydroxyl groups is 1. The minimum absolute atomic E-state index is 0.0437. The summed E-state index contributed by atoms with van der Waals surface area (Å²) in [5, 5.41) is 13.3. The van der Waals surface area contributed by atoms with Crippen LogP contribution in [0.15, 0.2) is 24.3 Å². The molecule has 2 heterocycles. The molecule has 1 aromatic carbocycles. The first-order valence-corrected chi connectivity index (χ1v) is 9.23. The molecule has 1 unspecified atom stereocenters. The summed E-state index contributed by atoms with van der Waals surface area (Å²) < 4.78 is 5.47. The third-order valence-electron chi connectivity index (χ3n) is 5.48. The van der Waals surface area contributed by atoms with Crippen molar-refractivity contribution >= 4 is 12.0 Å². The first kappa shape index (κ1) is 18.5. The van der Waals surface area contributed by atoms with Gasteiger partial charge in [0.15, 0.2) is 0 Å².